The van der Waals surface area contributed by atoms with Crippen molar-refractivity contribution in [2.45, 2.75) is 6.23 Å². The monoisotopic (exact) mass is 132 g/mol. The van der Waals surface area contributed by atoms with Crippen LogP contribution in [0.4, 0.5) is 4.79 Å². The van der Waals surface area contributed by atoms with Gasteiger partial charge < -0.3 is 15.6 Å². The van der Waals surface area contributed by atoms with Gasteiger partial charge in [-0.1, -0.05) is 0 Å². The second kappa shape index (κ2) is 3.85. The minimum atomic E-state index is -0.971. The van der Waals surface area contributed by atoms with Crippen molar-refractivity contribution in [1.82, 2.24) is 0 Å². The average molecular weight is 132 g/mol. The van der Waals surface area contributed by atoms with Gasteiger partial charge in [0.1, 0.15) is 6.61 Å². The summed E-state index contributed by atoms with van der Waals surface area (Å²) >= 11 is 0. The predicted octanol–water partition coefficient (Wildman–Crippen LogP) is -0.899. The van der Waals surface area contributed by atoms with Crippen LogP contribution in [-0.4, -0.2) is 30.8 Å². The second-order valence-electron chi connectivity index (χ2n) is 1.26. The number of nitrogens with two attached hydrogens (primary N) is 1. The number of hydrogen-bond acceptors (Lipinski definition) is 4. The number of primary amides is 1. The summed E-state index contributed by atoms with van der Waals surface area (Å²) in [5, 5.41) is 8.31. The lowest BCUT2D eigenvalue weighted by Crippen LogP contribution is -2.23. The molecule has 0 aliphatic rings. The molecule has 0 unspecified atom stereocenters. The fourth-order valence-corrected chi connectivity index (χ4v) is 0.266. The van der Waals surface area contributed by atoms with E-state index in [2.05, 4.69) is 22.2 Å². The number of ether oxygens (including phenoxy) is 1. The van der Waals surface area contributed by atoms with Crippen molar-refractivity contribution in [2.24, 2.45) is 10.7 Å². The Morgan fingerprint density at radius 1 is 2.00 bits per heavy atom. The lowest BCUT2D eigenvalue weighted by atomic mass is 10.6. The molecule has 52 valence electrons. The largest absolute Gasteiger partial charge is 0.421 e. The smallest absolute Gasteiger partial charge is 0.406 e. The molecule has 0 heterocycles. The van der Waals surface area contributed by atoms with Crippen LogP contribution in [0, 0.1) is 0 Å². The highest BCUT2D eigenvalue weighted by Gasteiger charge is 2.05. The van der Waals surface area contributed by atoms with Crippen molar-refractivity contribution in [1.29, 1.82) is 0 Å². The Morgan fingerprint density at radius 2 is 2.56 bits per heavy atom. The third-order valence-corrected chi connectivity index (χ3v) is 0.612. The second-order valence-corrected chi connectivity index (χ2v) is 1.26. The first-order valence-electron chi connectivity index (χ1n) is 2.23. The highest BCUT2D eigenvalue weighted by atomic mass is 16.6. The molecule has 0 aromatic heterocycles. The molecule has 0 aliphatic heterocycles. The first-order chi connectivity index (χ1) is 4.20. The molecule has 5 heteroatoms. The quantitative estimate of drug-likeness (QED) is 0.488. The highest BCUT2D eigenvalue weighted by molar-refractivity contribution is 5.64. The molecule has 0 rings (SSSR count). The number of hydrogen-bond donors (Lipinski definition) is 2. The van der Waals surface area contributed by atoms with Gasteiger partial charge in [0.2, 0.25) is 6.23 Å². The van der Waals surface area contributed by atoms with Gasteiger partial charge in [0, 0.05) is 0 Å². The number of carbonyl (C=O) groups excluding carboxylic acids is 1. The average Bonchev–Trinajstić information content (AvgIpc) is 1.82. The van der Waals surface area contributed by atoms with E-state index in [0.717, 1.165) is 0 Å². The molecule has 1 atom stereocenters. The summed E-state index contributed by atoms with van der Waals surface area (Å²) in [6, 6.07) is 0. The Morgan fingerprint density at radius 3 is 2.67 bits per heavy atom. The Labute approximate surface area is 52.1 Å². The number of rotatable bonds is 3. The van der Waals surface area contributed by atoms with Gasteiger partial charge in [-0.3, -0.25) is 4.99 Å². The standard InChI is InChI=1S/C4H8N2O3/c1-6-3(2-7)9-4(5)8/h3,7H,1-2H2,(H2,5,8)/t3-/m1/s1. The van der Waals surface area contributed by atoms with Crippen molar-refractivity contribution >= 4 is 12.8 Å². The molecule has 3 N–H and O–H groups in total. The molecule has 0 radical (unpaired) electrons. The Hall–Kier alpha value is -1.10. The zero-order valence-electron chi connectivity index (χ0n) is 4.78. The Bertz CT molecular complexity index is 114. The van der Waals surface area contributed by atoms with E-state index in [1.165, 1.54) is 0 Å². The van der Waals surface area contributed by atoms with Crippen LogP contribution in [-0.2, 0) is 4.74 Å². The van der Waals surface area contributed by atoms with Crippen LogP contribution in [0.5, 0.6) is 0 Å². The van der Waals surface area contributed by atoms with Crippen LogP contribution >= 0.6 is 0 Å². The summed E-state index contributed by atoms with van der Waals surface area (Å²) in [6.45, 7) is 2.65. The van der Waals surface area contributed by atoms with Crippen molar-refractivity contribution in [3.8, 4) is 0 Å². The molecule has 1 amide bonds. The van der Waals surface area contributed by atoms with Crippen molar-refractivity contribution in [2.75, 3.05) is 6.61 Å². The molecule has 9 heavy (non-hydrogen) atoms. The van der Waals surface area contributed by atoms with Crippen molar-refractivity contribution < 1.29 is 14.6 Å². The normalized spacial score (nSPS) is 12.1. The van der Waals surface area contributed by atoms with Gasteiger partial charge in [0.05, 0.1) is 0 Å². The molecule has 0 saturated carbocycles. The topological polar surface area (TPSA) is 84.9 Å². The van der Waals surface area contributed by atoms with E-state index in [1.54, 1.807) is 0 Å². The Kier molecular flexibility index (Phi) is 3.38. The summed E-state index contributed by atoms with van der Waals surface area (Å²) in [5.41, 5.74) is 4.58. The van der Waals surface area contributed by atoms with Crippen LogP contribution in [0.2, 0.25) is 0 Å². The molecule has 0 aliphatic carbocycles. The maximum Gasteiger partial charge on any atom is 0.406 e. The van der Waals surface area contributed by atoms with E-state index in [0.29, 0.717) is 0 Å². The van der Waals surface area contributed by atoms with E-state index in [1.807, 2.05) is 0 Å². The van der Waals surface area contributed by atoms with Crippen LogP contribution in [0.15, 0.2) is 4.99 Å². The maximum atomic E-state index is 9.93. The summed E-state index contributed by atoms with van der Waals surface area (Å²) in [7, 11) is 0. The van der Waals surface area contributed by atoms with Gasteiger partial charge in [-0.2, -0.15) is 0 Å². The number of aliphatic hydroxyl groups is 1. The molecular weight excluding hydrogens is 124 g/mol. The fourth-order valence-electron chi connectivity index (χ4n) is 0.266. The molecule has 0 saturated heterocycles. The molecular formula is C4H8N2O3. The van der Waals surface area contributed by atoms with Gasteiger partial charge in [-0.05, 0) is 6.72 Å². The third kappa shape index (κ3) is 3.48. The van der Waals surface area contributed by atoms with Gasteiger partial charge in [-0.15, -0.1) is 0 Å². The molecule has 0 spiro atoms. The van der Waals surface area contributed by atoms with E-state index in [-0.39, 0.29) is 0 Å². The number of aliphatic hydroxyl groups excluding tert-OH is 1. The lowest BCUT2D eigenvalue weighted by molar-refractivity contribution is 0.0696. The summed E-state index contributed by atoms with van der Waals surface area (Å²) in [5.74, 6) is 0. The zero-order chi connectivity index (χ0) is 7.28. The zero-order valence-corrected chi connectivity index (χ0v) is 4.78. The summed E-state index contributed by atoms with van der Waals surface area (Å²) < 4.78 is 4.21. The number of aliphatic imine (C=N–C) groups is 1. The Balaban J connectivity index is 3.55. The van der Waals surface area contributed by atoms with Gasteiger partial charge in [0.15, 0.2) is 0 Å². The number of carbonyl (C=O) groups is 1. The van der Waals surface area contributed by atoms with Crippen molar-refractivity contribution in [3.63, 3.8) is 0 Å². The molecule has 5 nitrogen and oxygen atoms in total. The number of amides is 1. The van der Waals surface area contributed by atoms with E-state index in [9.17, 15) is 4.79 Å². The third-order valence-electron chi connectivity index (χ3n) is 0.612. The first-order valence-corrected chi connectivity index (χ1v) is 2.23. The van der Waals surface area contributed by atoms with E-state index < -0.39 is 18.9 Å². The predicted molar refractivity (Wildman–Crippen MR) is 31.1 cm³/mol. The highest BCUT2D eigenvalue weighted by Crippen LogP contribution is 1.89. The van der Waals surface area contributed by atoms with Gasteiger partial charge in [0.25, 0.3) is 0 Å². The van der Waals surface area contributed by atoms with Crippen LogP contribution < -0.4 is 5.73 Å². The van der Waals surface area contributed by atoms with E-state index in [4.69, 9.17) is 5.11 Å². The first kappa shape index (κ1) is 7.90. The maximum absolute atomic E-state index is 9.93. The van der Waals surface area contributed by atoms with Crippen LogP contribution in [0.3, 0.4) is 0 Å². The van der Waals surface area contributed by atoms with Crippen molar-refractivity contribution in [3.05, 3.63) is 0 Å². The summed E-state index contributed by atoms with van der Waals surface area (Å²) in [4.78, 5) is 13.2. The van der Waals surface area contributed by atoms with Gasteiger partial charge in [-0.25, -0.2) is 4.79 Å². The molecule has 0 aromatic carbocycles. The van der Waals surface area contributed by atoms with E-state index >= 15 is 0 Å². The fraction of sp³-hybridized carbons (Fsp3) is 0.500. The molecule has 0 bridgehead atoms. The molecule has 0 aromatic rings. The minimum Gasteiger partial charge on any atom is -0.421 e. The minimum absolute atomic E-state index is 0.396. The van der Waals surface area contributed by atoms with Crippen LogP contribution in [0.25, 0.3) is 0 Å². The number of nitrogens with zero attached hydrogens (tertiary/aromatic N) is 1. The SMILES string of the molecule is C=N[C@@H](CO)OC(N)=O. The summed E-state index contributed by atoms with van der Waals surface area (Å²) in [6.07, 6.45) is -1.90. The lowest BCUT2D eigenvalue weighted by Gasteiger charge is -2.05. The molecule has 0 fully saturated rings. The van der Waals surface area contributed by atoms with Gasteiger partial charge >= 0.3 is 6.09 Å². The van der Waals surface area contributed by atoms with Crippen LogP contribution in [0.1, 0.15) is 0 Å².